The summed E-state index contributed by atoms with van der Waals surface area (Å²) in [6.45, 7) is 2.08. The third kappa shape index (κ3) is 0.803. The Morgan fingerprint density at radius 2 is 2.30 bits per heavy atom. The molecule has 2 N–H and O–H groups in total. The lowest BCUT2D eigenvalue weighted by molar-refractivity contribution is 1.53. The van der Waals surface area contributed by atoms with Crippen LogP contribution in [0.3, 0.4) is 0 Å². The van der Waals surface area contributed by atoms with Crippen LogP contribution in [0.25, 0.3) is 9.53 Å². The smallest absolute Gasteiger partial charge is 0.181 e. The lowest BCUT2D eigenvalue weighted by Crippen LogP contribution is -1.78. The highest BCUT2D eigenvalue weighted by Gasteiger charge is 2.02. The summed E-state index contributed by atoms with van der Waals surface area (Å²) in [5, 5.41) is 0.668. The van der Waals surface area contributed by atoms with Crippen molar-refractivity contribution in [2.24, 2.45) is 0 Å². The van der Waals surface area contributed by atoms with Gasteiger partial charge in [-0.1, -0.05) is 11.3 Å². The Labute approximate surface area is 66.3 Å². The zero-order chi connectivity index (χ0) is 7.14. The first kappa shape index (κ1) is 6.12. The fraction of sp³-hybridized carbons (Fsp3) is 0.167. The van der Waals surface area contributed by atoms with E-state index in [1.54, 1.807) is 22.7 Å². The molecule has 0 radical (unpaired) electrons. The maximum Gasteiger partial charge on any atom is 0.181 e. The molecule has 0 atom stereocenters. The van der Waals surface area contributed by atoms with Crippen LogP contribution in [0.15, 0.2) is 6.07 Å². The lowest BCUT2D eigenvalue weighted by atomic mass is 10.5. The average Bonchev–Trinajstić information content (AvgIpc) is 2.21. The minimum Gasteiger partial charge on any atom is -0.375 e. The van der Waals surface area contributed by atoms with Crippen LogP contribution in [0.4, 0.5) is 5.13 Å². The predicted octanol–water partition coefficient (Wildman–Crippen LogP) is 2.25. The molecule has 2 aromatic rings. The van der Waals surface area contributed by atoms with Crippen LogP contribution in [0.2, 0.25) is 0 Å². The molecule has 0 fully saturated rings. The van der Waals surface area contributed by atoms with Gasteiger partial charge in [-0.05, 0) is 13.0 Å². The predicted molar refractivity (Wildman–Crippen MR) is 46.6 cm³/mol. The van der Waals surface area contributed by atoms with E-state index in [9.17, 15) is 0 Å². The van der Waals surface area contributed by atoms with Gasteiger partial charge in [-0.15, -0.1) is 11.3 Å². The van der Waals surface area contributed by atoms with Crippen molar-refractivity contribution >= 4 is 37.3 Å². The number of nitrogens with two attached hydrogens (primary N) is 1. The van der Waals surface area contributed by atoms with Crippen molar-refractivity contribution in [1.29, 1.82) is 0 Å². The van der Waals surface area contributed by atoms with Crippen molar-refractivity contribution in [1.82, 2.24) is 4.98 Å². The van der Waals surface area contributed by atoms with Gasteiger partial charge < -0.3 is 5.73 Å². The molecule has 0 amide bonds. The van der Waals surface area contributed by atoms with E-state index >= 15 is 0 Å². The van der Waals surface area contributed by atoms with Crippen LogP contribution in [0, 0.1) is 6.92 Å². The maximum atomic E-state index is 5.50. The molecule has 2 rings (SSSR count). The third-order valence-corrected chi connectivity index (χ3v) is 3.13. The van der Waals surface area contributed by atoms with E-state index in [-0.39, 0.29) is 0 Å². The van der Waals surface area contributed by atoms with Crippen molar-refractivity contribution in [3.8, 4) is 0 Å². The molecule has 10 heavy (non-hydrogen) atoms. The SMILES string of the molecule is Cc1cc2sc(N)nc2s1. The van der Waals surface area contributed by atoms with E-state index in [1.165, 1.54) is 9.58 Å². The Balaban J connectivity index is 2.83. The summed E-state index contributed by atoms with van der Waals surface area (Å²) >= 11 is 3.24. The van der Waals surface area contributed by atoms with Crippen molar-refractivity contribution in [2.45, 2.75) is 6.92 Å². The van der Waals surface area contributed by atoms with Crippen molar-refractivity contribution in [3.05, 3.63) is 10.9 Å². The van der Waals surface area contributed by atoms with Crippen LogP contribution < -0.4 is 5.73 Å². The standard InChI is InChI=1S/C6H6N2S2/c1-3-2-4-5(9-3)8-6(7)10-4/h2H,1H3,(H2,7,8). The fourth-order valence-electron chi connectivity index (χ4n) is 0.865. The first-order valence-electron chi connectivity index (χ1n) is 2.88. The summed E-state index contributed by atoms with van der Waals surface area (Å²) in [5.41, 5.74) is 5.50. The van der Waals surface area contributed by atoms with Gasteiger partial charge in [0.05, 0.1) is 4.70 Å². The van der Waals surface area contributed by atoms with E-state index in [4.69, 9.17) is 5.73 Å². The monoisotopic (exact) mass is 170 g/mol. The van der Waals surface area contributed by atoms with Gasteiger partial charge in [-0.25, -0.2) is 4.98 Å². The van der Waals surface area contributed by atoms with Crippen LogP contribution in [-0.2, 0) is 0 Å². The molecule has 0 aliphatic rings. The molecule has 0 saturated heterocycles. The van der Waals surface area contributed by atoms with Crippen molar-refractivity contribution < 1.29 is 0 Å². The summed E-state index contributed by atoms with van der Waals surface area (Å²) in [5.74, 6) is 0. The molecular weight excluding hydrogens is 164 g/mol. The summed E-state index contributed by atoms with van der Waals surface area (Å²) in [6.07, 6.45) is 0. The molecule has 2 nitrogen and oxygen atoms in total. The van der Waals surface area contributed by atoms with Gasteiger partial charge in [-0.3, -0.25) is 0 Å². The lowest BCUT2D eigenvalue weighted by Gasteiger charge is -1.74. The number of nitrogen functional groups attached to an aromatic ring is 1. The van der Waals surface area contributed by atoms with Crippen molar-refractivity contribution in [3.63, 3.8) is 0 Å². The quantitative estimate of drug-likeness (QED) is 0.658. The van der Waals surface area contributed by atoms with Crippen molar-refractivity contribution in [2.75, 3.05) is 5.73 Å². The second kappa shape index (κ2) is 1.93. The number of nitrogens with zero attached hydrogens (tertiary/aromatic N) is 1. The van der Waals surface area contributed by atoms with Gasteiger partial charge in [0, 0.05) is 4.88 Å². The molecule has 2 heterocycles. The first-order valence-corrected chi connectivity index (χ1v) is 4.51. The summed E-state index contributed by atoms with van der Waals surface area (Å²) < 4.78 is 1.21. The molecule has 2 aromatic heterocycles. The summed E-state index contributed by atoms with van der Waals surface area (Å²) in [7, 11) is 0. The van der Waals surface area contributed by atoms with E-state index in [0.717, 1.165) is 4.83 Å². The Morgan fingerprint density at radius 3 is 3.00 bits per heavy atom. The van der Waals surface area contributed by atoms with E-state index < -0.39 is 0 Å². The van der Waals surface area contributed by atoms with Gasteiger partial charge >= 0.3 is 0 Å². The highest BCUT2D eigenvalue weighted by molar-refractivity contribution is 7.28. The van der Waals surface area contributed by atoms with E-state index in [1.807, 2.05) is 0 Å². The van der Waals surface area contributed by atoms with Crippen LogP contribution in [0.5, 0.6) is 0 Å². The Bertz CT molecular complexity index is 298. The zero-order valence-corrected chi connectivity index (χ0v) is 7.05. The number of hydrogen-bond donors (Lipinski definition) is 1. The number of rotatable bonds is 0. The highest BCUT2D eigenvalue weighted by atomic mass is 32.1. The molecule has 4 heteroatoms. The normalized spacial score (nSPS) is 10.9. The Hall–Kier alpha value is -0.610. The zero-order valence-electron chi connectivity index (χ0n) is 5.42. The number of anilines is 1. The number of hydrogen-bond acceptors (Lipinski definition) is 4. The van der Waals surface area contributed by atoms with Gasteiger partial charge in [0.15, 0.2) is 5.13 Å². The van der Waals surface area contributed by atoms with Gasteiger partial charge in [0.25, 0.3) is 0 Å². The molecular formula is C6H6N2S2. The van der Waals surface area contributed by atoms with Gasteiger partial charge in [0.2, 0.25) is 0 Å². The molecule has 0 spiro atoms. The number of aromatic nitrogens is 1. The molecule has 0 aromatic carbocycles. The summed E-state index contributed by atoms with van der Waals surface area (Å²) in [6, 6.07) is 2.12. The average molecular weight is 170 g/mol. The van der Waals surface area contributed by atoms with E-state index in [0.29, 0.717) is 5.13 Å². The van der Waals surface area contributed by atoms with Gasteiger partial charge in [0.1, 0.15) is 4.83 Å². The minimum absolute atomic E-state index is 0.668. The molecule has 0 bridgehead atoms. The molecule has 0 saturated carbocycles. The van der Waals surface area contributed by atoms with E-state index in [2.05, 4.69) is 18.0 Å². The first-order chi connectivity index (χ1) is 4.75. The highest BCUT2D eigenvalue weighted by Crippen LogP contribution is 2.30. The largest absolute Gasteiger partial charge is 0.375 e. The second-order valence-electron chi connectivity index (χ2n) is 2.08. The molecule has 0 aliphatic carbocycles. The second-order valence-corrected chi connectivity index (χ2v) is 4.38. The van der Waals surface area contributed by atoms with Crippen LogP contribution >= 0.6 is 22.7 Å². The number of thiophene rings is 1. The fourth-order valence-corrected chi connectivity index (χ4v) is 2.76. The number of aryl methyl sites for hydroxylation is 1. The number of fused-ring (bicyclic) bond motifs is 1. The molecule has 0 aliphatic heterocycles. The molecule has 52 valence electrons. The number of thiazole rings is 1. The third-order valence-electron chi connectivity index (χ3n) is 1.23. The maximum absolute atomic E-state index is 5.50. The van der Waals surface area contributed by atoms with Gasteiger partial charge in [-0.2, -0.15) is 0 Å². The summed E-state index contributed by atoms with van der Waals surface area (Å²) in [4.78, 5) is 6.52. The van der Waals surface area contributed by atoms with Crippen LogP contribution in [-0.4, -0.2) is 4.98 Å². The van der Waals surface area contributed by atoms with Crippen LogP contribution in [0.1, 0.15) is 4.88 Å². The minimum atomic E-state index is 0.668. The molecule has 0 unspecified atom stereocenters. The topological polar surface area (TPSA) is 38.9 Å². The Morgan fingerprint density at radius 1 is 1.50 bits per heavy atom. The Kier molecular flexibility index (Phi) is 1.18.